The summed E-state index contributed by atoms with van der Waals surface area (Å²) in [7, 11) is 0. The molecule has 2 unspecified atom stereocenters. The first-order valence-electron chi connectivity index (χ1n) is 3.97. The molecule has 1 N–H and O–H groups in total. The van der Waals surface area contributed by atoms with Crippen molar-refractivity contribution in [1.29, 1.82) is 0 Å². The first kappa shape index (κ1) is 8.20. The molecule has 0 spiro atoms. The van der Waals surface area contributed by atoms with Crippen LogP contribution in [0.4, 0.5) is 0 Å². The van der Waals surface area contributed by atoms with Gasteiger partial charge in [0.15, 0.2) is 0 Å². The van der Waals surface area contributed by atoms with Crippen molar-refractivity contribution in [2.75, 3.05) is 0 Å². The Hall–Kier alpha value is -0.410. The first-order chi connectivity index (χ1) is 5.63. The lowest BCUT2D eigenvalue weighted by Crippen LogP contribution is -2.09. The van der Waals surface area contributed by atoms with Crippen LogP contribution in [0, 0.1) is 5.92 Å². The van der Waals surface area contributed by atoms with Crippen LogP contribution in [0.5, 0.6) is 0 Å². The van der Waals surface area contributed by atoms with Gasteiger partial charge in [0.05, 0.1) is 5.69 Å². The normalized spacial score (nSPS) is 33.4. The third kappa shape index (κ3) is 1.17. The number of hydrogen-bond donors (Lipinski definition) is 1. The van der Waals surface area contributed by atoms with Crippen molar-refractivity contribution in [3.63, 3.8) is 0 Å². The van der Waals surface area contributed by atoms with E-state index >= 15 is 0 Å². The van der Waals surface area contributed by atoms with Crippen LogP contribution in [0.15, 0.2) is 22.8 Å². The van der Waals surface area contributed by atoms with E-state index < -0.39 is 5.60 Å². The Morgan fingerprint density at radius 3 is 2.75 bits per heavy atom. The minimum Gasteiger partial charge on any atom is -0.383 e. The summed E-state index contributed by atoms with van der Waals surface area (Å²) >= 11 is 3.30. The number of aliphatic hydroxyl groups is 1. The fraction of sp³-hybridized carbons (Fsp3) is 0.444. The van der Waals surface area contributed by atoms with E-state index in [1.54, 1.807) is 6.20 Å². The first-order valence-corrected chi connectivity index (χ1v) is 4.76. The lowest BCUT2D eigenvalue weighted by Gasteiger charge is -2.07. The average Bonchev–Trinajstić information content (AvgIpc) is 2.62. The van der Waals surface area contributed by atoms with Crippen molar-refractivity contribution in [2.24, 2.45) is 5.92 Å². The monoisotopic (exact) mass is 227 g/mol. The predicted molar refractivity (Wildman–Crippen MR) is 49.6 cm³/mol. The second-order valence-electron chi connectivity index (χ2n) is 3.39. The van der Waals surface area contributed by atoms with Crippen LogP contribution in [-0.2, 0) is 5.60 Å². The quantitative estimate of drug-likeness (QED) is 0.798. The summed E-state index contributed by atoms with van der Waals surface area (Å²) < 4.78 is 0.947. The van der Waals surface area contributed by atoms with Gasteiger partial charge in [0, 0.05) is 10.7 Å². The zero-order valence-electron chi connectivity index (χ0n) is 6.79. The molecule has 1 aliphatic carbocycles. The zero-order chi connectivity index (χ0) is 8.77. The van der Waals surface area contributed by atoms with Gasteiger partial charge in [-0.25, -0.2) is 0 Å². The topological polar surface area (TPSA) is 33.1 Å². The van der Waals surface area contributed by atoms with Crippen LogP contribution in [0.1, 0.15) is 19.0 Å². The molecule has 0 radical (unpaired) electrons. The highest BCUT2D eigenvalue weighted by molar-refractivity contribution is 9.10. The molecule has 0 aromatic carbocycles. The largest absolute Gasteiger partial charge is 0.383 e. The van der Waals surface area contributed by atoms with E-state index in [2.05, 4.69) is 20.9 Å². The van der Waals surface area contributed by atoms with Crippen molar-refractivity contribution in [3.8, 4) is 0 Å². The molecule has 12 heavy (non-hydrogen) atoms. The molecule has 64 valence electrons. The molecule has 1 heterocycles. The molecule has 1 aromatic rings. The van der Waals surface area contributed by atoms with Gasteiger partial charge in [-0.2, -0.15) is 0 Å². The smallest absolute Gasteiger partial charge is 0.109 e. The minimum absolute atomic E-state index is 0.353. The van der Waals surface area contributed by atoms with E-state index in [-0.39, 0.29) is 0 Å². The molecular formula is C9H10BrNO. The number of hydrogen-bond acceptors (Lipinski definition) is 2. The van der Waals surface area contributed by atoms with Crippen LogP contribution in [-0.4, -0.2) is 10.1 Å². The lowest BCUT2D eigenvalue weighted by atomic mass is 10.2. The number of aromatic nitrogens is 1. The van der Waals surface area contributed by atoms with E-state index in [9.17, 15) is 5.11 Å². The number of nitrogens with zero attached hydrogens (tertiary/aromatic N) is 1. The van der Waals surface area contributed by atoms with Crippen LogP contribution >= 0.6 is 15.9 Å². The molecule has 1 fully saturated rings. The van der Waals surface area contributed by atoms with Gasteiger partial charge in [0.2, 0.25) is 0 Å². The van der Waals surface area contributed by atoms with E-state index in [1.165, 1.54) is 0 Å². The van der Waals surface area contributed by atoms with Gasteiger partial charge in [0.25, 0.3) is 0 Å². The lowest BCUT2D eigenvalue weighted by molar-refractivity contribution is 0.130. The molecule has 2 nitrogen and oxygen atoms in total. The van der Waals surface area contributed by atoms with Crippen LogP contribution in [0.2, 0.25) is 0 Å². The molecular weight excluding hydrogens is 218 g/mol. The molecule has 2 atom stereocenters. The van der Waals surface area contributed by atoms with Crippen molar-refractivity contribution in [3.05, 3.63) is 28.5 Å². The van der Waals surface area contributed by atoms with Crippen LogP contribution < -0.4 is 0 Å². The fourth-order valence-corrected chi connectivity index (χ4v) is 1.63. The predicted octanol–water partition coefficient (Wildman–Crippen LogP) is 2.07. The van der Waals surface area contributed by atoms with Crippen molar-refractivity contribution in [2.45, 2.75) is 18.9 Å². The minimum atomic E-state index is -0.638. The summed E-state index contributed by atoms with van der Waals surface area (Å²) in [6.45, 7) is 2.03. The summed E-state index contributed by atoms with van der Waals surface area (Å²) in [5, 5.41) is 9.88. The Morgan fingerprint density at radius 1 is 1.67 bits per heavy atom. The highest BCUT2D eigenvalue weighted by Crippen LogP contribution is 2.50. The highest BCUT2D eigenvalue weighted by atomic mass is 79.9. The Kier molecular flexibility index (Phi) is 1.73. The van der Waals surface area contributed by atoms with Gasteiger partial charge in [-0.1, -0.05) is 6.92 Å². The number of rotatable bonds is 1. The third-order valence-electron chi connectivity index (χ3n) is 2.44. The molecule has 1 saturated carbocycles. The summed E-state index contributed by atoms with van der Waals surface area (Å²) in [5.41, 5.74) is 0.152. The van der Waals surface area contributed by atoms with E-state index in [0.29, 0.717) is 5.92 Å². The van der Waals surface area contributed by atoms with Gasteiger partial charge in [0.1, 0.15) is 5.60 Å². The second kappa shape index (κ2) is 2.54. The standard InChI is InChI=1S/C9H10BrNO/c1-6-4-9(6,12)8-3-2-7(10)5-11-8/h2-3,5-6,12H,4H2,1H3. The van der Waals surface area contributed by atoms with E-state index in [0.717, 1.165) is 16.6 Å². The average molecular weight is 228 g/mol. The van der Waals surface area contributed by atoms with Gasteiger partial charge in [-0.15, -0.1) is 0 Å². The summed E-state index contributed by atoms with van der Waals surface area (Å²) in [4.78, 5) is 4.17. The maximum absolute atomic E-state index is 9.88. The Morgan fingerprint density at radius 2 is 2.33 bits per heavy atom. The van der Waals surface area contributed by atoms with Crippen LogP contribution in [0.3, 0.4) is 0 Å². The molecule has 2 rings (SSSR count). The molecule has 3 heteroatoms. The molecule has 0 amide bonds. The number of pyridine rings is 1. The Balaban J connectivity index is 2.31. The van der Waals surface area contributed by atoms with Crippen molar-refractivity contribution in [1.82, 2.24) is 4.98 Å². The molecule has 1 aromatic heterocycles. The maximum Gasteiger partial charge on any atom is 0.109 e. The van der Waals surface area contributed by atoms with Gasteiger partial charge in [-0.05, 0) is 40.4 Å². The second-order valence-corrected chi connectivity index (χ2v) is 4.31. The van der Waals surface area contributed by atoms with E-state index in [4.69, 9.17) is 0 Å². The Labute approximate surface area is 79.8 Å². The highest BCUT2D eigenvalue weighted by Gasteiger charge is 2.52. The Bertz CT molecular complexity index is 298. The van der Waals surface area contributed by atoms with Gasteiger partial charge >= 0.3 is 0 Å². The maximum atomic E-state index is 9.88. The van der Waals surface area contributed by atoms with Crippen LogP contribution in [0.25, 0.3) is 0 Å². The number of halogens is 1. The SMILES string of the molecule is CC1CC1(O)c1ccc(Br)cn1. The van der Waals surface area contributed by atoms with Crippen molar-refractivity contribution >= 4 is 15.9 Å². The van der Waals surface area contributed by atoms with Gasteiger partial charge in [-0.3, -0.25) is 4.98 Å². The molecule has 1 aliphatic rings. The van der Waals surface area contributed by atoms with Crippen molar-refractivity contribution < 1.29 is 5.11 Å². The molecule has 0 bridgehead atoms. The zero-order valence-corrected chi connectivity index (χ0v) is 8.37. The van der Waals surface area contributed by atoms with E-state index in [1.807, 2.05) is 19.1 Å². The van der Waals surface area contributed by atoms with Gasteiger partial charge < -0.3 is 5.11 Å². The third-order valence-corrected chi connectivity index (χ3v) is 2.91. The molecule has 0 aliphatic heterocycles. The summed E-state index contributed by atoms with van der Waals surface area (Å²) in [6, 6.07) is 3.78. The summed E-state index contributed by atoms with van der Waals surface area (Å²) in [5.74, 6) is 0.353. The fourth-order valence-electron chi connectivity index (χ4n) is 1.40. The summed E-state index contributed by atoms with van der Waals surface area (Å²) in [6.07, 6.45) is 2.56. The molecule has 0 saturated heterocycles.